The molecule has 7 nitrogen and oxygen atoms in total. The van der Waals surface area contributed by atoms with Crippen LogP contribution in [0.1, 0.15) is 11.1 Å². The molecular formula is C21H21ClF2N4O3S. The van der Waals surface area contributed by atoms with Crippen LogP contribution in [-0.4, -0.2) is 46.7 Å². The number of rotatable bonds is 10. The number of ether oxygens (including phenoxy) is 2. The van der Waals surface area contributed by atoms with Gasteiger partial charge in [0.15, 0.2) is 16.7 Å². The van der Waals surface area contributed by atoms with E-state index in [-0.39, 0.29) is 23.2 Å². The van der Waals surface area contributed by atoms with Crippen molar-refractivity contribution in [1.29, 1.82) is 0 Å². The molecule has 2 aromatic carbocycles. The second kappa shape index (κ2) is 11.1. The van der Waals surface area contributed by atoms with E-state index < -0.39 is 6.61 Å². The van der Waals surface area contributed by atoms with Crippen LogP contribution in [0.15, 0.2) is 47.9 Å². The lowest BCUT2D eigenvalue weighted by atomic mass is 10.1. The summed E-state index contributed by atoms with van der Waals surface area (Å²) >= 11 is 7.43. The van der Waals surface area contributed by atoms with Gasteiger partial charge in [-0.15, -0.1) is 10.2 Å². The summed E-state index contributed by atoms with van der Waals surface area (Å²) in [7, 11) is 1.37. The molecule has 3 aromatic rings. The molecule has 1 aromatic heterocycles. The highest BCUT2D eigenvalue weighted by Crippen LogP contribution is 2.29. The van der Waals surface area contributed by atoms with Crippen molar-refractivity contribution in [2.45, 2.75) is 25.1 Å². The Hall–Kier alpha value is -2.85. The number of nitrogens with zero attached hydrogens (tertiary/aromatic N) is 3. The molecule has 1 heterocycles. The van der Waals surface area contributed by atoms with Crippen molar-refractivity contribution in [2.24, 2.45) is 0 Å². The van der Waals surface area contributed by atoms with Crippen molar-refractivity contribution in [3.8, 4) is 17.2 Å². The smallest absolute Gasteiger partial charge is 0.387 e. The monoisotopic (exact) mass is 482 g/mol. The van der Waals surface area contributed by atoms with Crippen molar-refractivity contribution < 1.29 is 23.0 Å². The lowest BCUT2D eigenvalue weighted by Gasteiger charge is -2.12. The minimum Gasteiger partial charge on any atom is -0.493 e. The Labute approximate surface area is 193 Å². The zero-order chi connectivity index (χ0) is 23.1. The number of benzene rings is 2. The molecule has 0 saturated heterocycles. The van der Waals surface area contributed by atoms with Crippen LogP contribution in [0.4, 0.5) is 8.78 Å². The van der Waals surface area contributed by atoms with Gasteiger partial charge in [0, 0.05) is 11.6 Å². The minimum atomic E-state index is -2.95. The number of carbonyl (C=O) groups is 1. The molecule has 1 amide bonds. The Morgan fingerprint density at radius 3 is 2.78 bits per heavy atom. The van der Waals surface area contributed by atoms with E-state index in [9.17, 15) is 13.6 Å². The van der Waals surface area contributed by atoms with Gasteiger partial charge in [-0.05, 0) is 48.7 Å². The van der Waals surface area contributed by atoms with Gasteiger partial charge in [0.2, 0.25) is 5.91 Å². The maximum Gasteiger partial charge on any atom is 0.387 e. The second-order valence-electron chi connectivity index (χ2n) is 6.67. The molecule has 0 bridgehead atoms. The van der Waals surface area contributed by atoms with Gasteiger partial charge in [0.25, 0.3) is 0 Å². The van der Waals surface area contributed by atoms with E-state index in [1.165, 1.54) is 24.9 Å². The van der Waals surface area contributed by atoms with Crippen molar-refractivity contribution in [3.05, 3.63) is 58.9 Å². The first-order valence-electron chi connectivity index (χ1n) is 9.55. The van der Waals surface area contributed by atoms with E-state index in [4.69, 9.17) is 16.3 Å². The summed E-state index contributed by atoms with van der Waals surface area (Å²) in [6, 6.07) is 10.4. The van der Waals surface area contributed by atoms with E-state index in [0.29, 0.717) is 23.1 Å². The molecular weight excluding hydrogens is 462 g/mol. The van der Waals surface area contributed by atoms with E-state index in [1.807, 2.05) is 25.1 Å². The Balaban J connectivity index is 1.51. The number of carbonyl (C=O) groups excluding carboxylic acids is 1. The molecule has 0 aliphatic rings. The van der Waals surface area contributed by atoms with Gasteiger partial charge in [0.1, 0.15) is 6.33 Å². The zero-order valence-electron chi connectivity index (χ0n) is 17.3. The topological polar surface area (TPSA) is 78.3 Å². The van der Waals surface area contributed by atoms with Gasteiger partial charge in [-0.1, -0.05) is 35.5 Å². The second-order valence-corrected chi connectivity index (χ2v) is 8.02. The van der Waals surface area contributed by atoms with Crippen LogP contribution >= 0.6 is 23.4 Å². The van der Waals surface area contributed by atoms with Gasteiger partial charge in [-0.25, -0.2) is 0 Å². The maximum atomic E-state index is 12.5. The molecule has 11 heteroatoms. The van der Waals surface area contributed by atoms with Crippen LogP contribution in [0.25, 0.3) is 5.69 Å². The highest BCUT2D eigenvalue weighted by Gasteiger charge is 2.13. The van der Waals surface area contributed by atoms with Gasteiger partial charge in [0.05, 0.1) is 18.6 Å². The average Bonchev–Trinajstić information content (AvgIpc) is 3.23. The summed E-state index contributed by atoms with van der Waals surface area (Å²) in [6.07, 6.45) is 2.00. The fourth-order valence-electron chi connectivity index (χ4n) is 2.82. The summed E-state index contributed by atoms with van der Waals surface area (Å²) in [5.74, 6) is 0.121. The Kier molecular flexibility index (Phi) is 8.29. The Morgan fingerprint density at radius 2 is 2.06 bits per heavy atom. The molecule has 1 N–H and O–H groups in total. The first kappa shape index (κ1) is 23.8. The number of aromatic nitrogens is 3. The Bertz CT molecular complexity index is 1080. The van der Waals surface area contributed by atoms with Gasteiger partial charge in [-0.3, -0.25) is 9.36 Å². The standard InChI is InChI=1S/C21H21ClF2N4O3S/c1-13-3-5-15(10-16(13)22)28-12-26-27-21(28)32-11-19(29)25-8-7-14-4-6-17(30-2)18(9-14)31-20(23)24/h3-6,9-10,12,20H,7-8,11H2,1-2H3,(H,25,29). The van der Waals surface area contributed by atoms with Crippen molar-refractivity contribution in [3.63, 3.8) is 0 Å². The predicted molar refractivity (Wildman–Crippen MR) is 118 cm³/mol. The maximum absolute atomic E-state index is 12.5. The van der Waals surface area contributed by atoms with Crippen LogP contribution in [0.5, 0.6) is 11.5 Å². The molecule has 0 saturated carbocycles. The molecule has 0 aliphatic heterocycles. The van der Waals surface area contributed by atoms with Crippen LogP contribution in [0.2, 0.25) is 5.02 Å². The highest BCUT2D eigenvalue weighted by molar-refractivity contribution is 7.99. The van der Waals surface area contributed by atoms with Crippen molar-refractivity contribution in [1.82, 2.24) is 20.1 Å². The van der Waals surface area contributed by atoms with Crippen LogP contribution in [0.3, 0.4) is 0 Å². The number of hydrogen-bond acceptors (Lipinski definition) is 6. The van der Waals surface area contributed by atoms with E-state index in [0.717, 1.165) is 16.8 Å². The fraction of sp³-hybridized carbons (Fsp3) is 0.286. The van der Waals surface area contributed by atoms with Crippen LogP contribution in [0, 0.1) is 6.92 Å². The van der Waals surface area contributed by atoms with Gasteiger partial charge >= 0.3 is 6.61 Å². The molecule has 3 rings (SSSR count). The van der Waals surface area contributed by atoms with E-state index in [2.05, 4.69) is 20.3 Å². The van der Waals surface area contributed by atoms with E-state index >= 15 is 0 Å². The number of thioether (sulfide) groups is 1. The number of amides is 1. The molecule has 32 heavy (non-hydrogen) atoms. The summed E-state index contributed by atoms with van der Waals surface area (Å²) in [4.78, 5) is 12.2. The largest absolute Gasteiger partial charge is 0.493 e. The van der Waals surface area contributed by atoms with Crippen LogP contribution in [-0.2, 0) is 11.2 Å². The number of hydrogen-bond donors (Lipinski definition) is 1. The SMILES string of the molecule is COc1ccc(CCNC(=O)CSc2nncn2-c2ccc(C)c(Cl)c2)cc1OC(F)F. The third-order valence-corrected chi connectivity index (χ3v) is 5.81. The van der Waals surface area contributed by atoms with Gasteiger partial charge in [-0.2, -0.15) is 8.78 Å². The zero-order valence-corrected chi connectivity index (χ0v) is 18.9. The number of halogens is 3. The summed E-state index contributed by atoms with van der Waals surface area (Å²) < 4.78 is 36.3. The number of alkyl halides is 2. The molecule has 170 valence electrons. The number of nitrogens with one attached hydrogen (secondary N) is 1. The van der Waals surface area contributed by atoms with Gasteiger partial charge < -0.3 is 14.8 Å². The first-order valence-corrected chi connectivity index (χ1v) is 10.9. The highest BCUT2D eigenvalue weighted by atomic mass is 35.5. The quantitative estimate of drug-likeness (QED) is 0.434. The molecule has 0 spiro atoms. The van der Waals surface area contributed by atoms with Crippen LogP contribution < -0.4 is 14.8 Å². The fourth-order valence-corrected chi connectivity index (χ4v) is 3.76. The molecule has 0 radical (unpaired) electrons. The van der Waals surface area contributed by atoms with E-state index in [1.54, 1.807) is 23.0 Å². The normalized spacial score (nSPS) is 10.9. The lowest BCUT2D eigenvalue weighted by Crippen LogP contribution is -2.27. The third kappa shape index (κ3) is 6.33. The summed E-state index contributed by atoms with van der Waals surface area (Å²) in [5, 5.41) is 12.0. The summed E-state index contributed by atoms with van der Waals surface area (Å²) in [6.45, 7) is -0.703. The van der Waals surface area contributed by atoms with Crippen molar-refractivity contribution in [2.75, 3.05) is 19.4 Å². The predicted octanol–water partition coefficient (Wildman–Crippen LogP) is 4.29. The minimum absolute atomic E-state index is 0.0440. The average molecular weight is 483 g/mol. The molecule has 0 fully saturated rings. The van der Waals surface area contributed by atoms with Crippen molar-refractivity contribution >= 4 is 29.3 Å². The molecule has 0 aliphatic carbocycles. The summed E-state index contributed by atoms with van der Waals surface area (Å²) in [5.41, 5.74) is 2.49. The Morgan fingerprint density at radius 1 is 1.25 bits per heavy atom. The lowest BCUT2D eigenvalue weighted by molar-refractivity contribution is -0.118. The third-order valence-electron chi connectivity index (χ3n) is 4.46. The first-order chi connectivity index (χ1) is 15.4. The molecule has 0 unspecified atom stereocenters. The molecule has 0 atom stereocenters. The number of methoxy groups -OCH3 is 1. The number of aryl methyl sites for hydroxylation is 1.